The van der Waals surface area contributed by atoms with E-state index in [1.165, 1.54) is 44.9 Å². The molecule has 0 amide bonds. The number of carbonyl (C=O) groups excluding carboxylic acids is 2. The molecular weight excluding hydrogens is 692 g/mol. The summed E-state index contributed by atoms with van der Waals surface area (Å²) in [5.74, 6) is -0.407. The smallest absolute Gasteiger partial charge is 0.308 e. The summed E-state index contributed by atoms with van der Waals surface area (Å²) in [6.07, 6.45) is 11.8. The highest BCUT2D eigenvalue weighted by atomic mass is 16.6. The number of hydrogen-bond acceptors (Lipinski definition) is 14. The molecule has 14 heteroatoms. The van der Waals surface area contributed by atoms with Gasteiger partial charge in [-0.3, -0.25) is 9.59 Å². The van der Waals surface area contributed by atoms with Crippen LogP contribution in [0.5, 0.6) is 0 Å². The van der Waals surface area contributed by atoms with Gasteiger partial charge in [0.25, 0.3) is 0 Å². The summed E-state index contributed by atoms with van der Waals surface area (Å²) in [6, 6.07) is 0. The molecule has 0 atom stereocenters. The lowest BCUT2D eigenvalue weighted by Gasteiger charge is -2.19. The molecule has 0 aliphatic rings. The summed E-state index contributed by atoms with van der Waals surface area (Å²) in [6.45, 7) is 17.3. The maximum atomic E-state index is 11.8. The van der Waals surface area contributed by atoms with E-state index in [1.807, 2.05) is 20.8 Å². The number of unbranched alkanes of at least 4 members (excludes halogenated alkanes) is 8. The fourth-order valence-electron chi connectivity index (χ4n) is 4.50. The van der Waals surface area contributed by atoms with Crippen molar-refractivity contribution in [2.24, 2.45) is 0 Å². The van der Waals surface area contributed by atoms with Crippen LogP contribution < -0.4 is 0 Å². The predicted molar refractivity (Wildman–Crippen MR) is 201 cm³/mol. The van der Waals surface area contributed by atoms with Crippen LogP contribution in [-0.4, -0.2) is 156 Å². The summed E-state index contributed by atoms with van der Waals surface area (Å²) in [4.78, 5) is 23.4. The summed E-state index contributed by atoms with van der Waals surface area (Å²) in [5, 5.41) is 0. The Kier molecular flexibility index (Phi) is 40.5. The largest absolute Gasteiger partial charge is 0.463 e. The highest BCUT2D eigenvalue weighted by Crippen LogP contribution is 2.11. The Morgan fingerprint density at radius 1 is 0.340 bits per heavy atom. The molecule has 0 fully saturated rings. The van der Waals surface area contributed by atoms with Gasteiger partial charge in [0.1, 0.15) is 12.2 Å². The van der Waals surface area contributed by atoms with Crippen molar-refractivity contribution in [2.75, 3.05) is 139 Å². The molecular formula is C39H76O14. The quantitative estimate of drug-likeness (QED) is 0.0581. The minimum absolute atomic E-state index is 0.140. The molecule has 0 aliphatic heterocycles. The van der Waals surface area contributed by atoms with Crippen LogP contribution in [0.2, 0.25) is 0 Å². The van der Waals surface area contributed by atoms with Gasteiger partial charge in [-0.1, -0.05) is 58.3 Å². The number of hydrogen-bond donors (Lipinski definition) is 0. The lowest BCUT2D eigenvalue weighted by molar-refractivity contribution is -0.156. The monoisotopic (exact) mass is 769 g/mol. The van der Waals surface area contributed by atoms with E-state index in [1.54, 1.807) is 0 Å². The summed E-state index contributed by atoms with van der Waals surface area (Å²) in [5.41, 5.74) is -0.476. The zero-order valence-electron chi connectivity index (χ0n) is 33.8. The van der Waals surface area contributed by atoms with E-state index in [-0.39, 0.29) is 25.0 Å². The van der Waals surface area contributed by atoms with Gasteiger partial charge in [-0.25, -0.2) is 0 Å². The van der Waals surface area contributed by atoms with Gasteiger partial charge in [0.05, 0.1) is 139 Å². The molecule has 316 valence electrons. The van der Waals surface area contributed by atoms with E-state index in [0.717, 1.165) is 12.8 Å². The van der Waals surface area contributed by atoms with Crippen LogP contribution >= 0.6 is 0 Å². The molecule has 0 radical (unpaired) electrons. The van der Waals surface area contributed by atoms with Crippen LogP contribution in [0.3, 0.4) is 0 Å². The minimum Gasteiger partial charge on any atom is -0.463 e. The van der Waals surface area contributed by atoms with Gasteiger partial charge in [0.15, 0.2) is 0 Å². The first-order valence-corrected chi connectivity index (χ1v) is 20.0. The third-order valence-corrected chi connectivity index (χ3v) is 7.19. The third-order valence-electron chi connectivity index (χ3n) is 7.19. The molecule has 0 N–H and O–H groups in total. The normalized spacial score (nSPS) is 11.7. The van der Waals surface area contributed by atoms with Gasteiger partial charge in [-0.2, -0.15) is 0 Å². The van der Waals surface area contributed by atoms with Crippen LogP contribution in [0.15, 0.2) is 0 Å². The average molecular weight is 769 g/mol. The van der Waals surface area contributed by atoms with Crippen LogP contribution in [0, 0.1) is 0 Å². The third kappa shape index (κ3) is 46.6. The average Bonchev–Trinajstić information content (AvgIpc) is 3.12. The number of carbonyl (C=O) groups is 2. The lowest BCUT2D eigenvalue weighted by Crippen LogP contribution is -2.24. The van der Waals surface area contributed by atoms with Gasteiger partial charge < -0.3 is 56.8 Å². The number of ether oxygens (including phenoxy) is 12. The molecule has 0 saturated heterocycles. The lowest BCUT2D eigenvalue weighted by atomic mass is 10.1. The van der Waals surface area contributed by atoms with E-state index in [2.05, 4.69) is 6.92 Å². The van der Waals surface area contributed by atoms with Crippen molar-refractivity contribution in [1.29, 1.82) is 0 Å². The Balaban J connectivity index is 3.15. The Bertz CT molecular complexity index is 765. The van der Waals surface area contributed by atoms with Crippen LogP contribution in [0.4, 0.5) is 0 Å². The van der Waals surface area contributed by atoms with Crippen LogP contribution in [-0.2, 0) is 66.4 Å². The van der Waals surface area contributed by atoms with Crippen LogP contribution in [0.25, 0.3) is 0 Å². The number of rotatable bonds is 43. The Morgan fingerprint density at radius 3 is 0.943 bits per heavy atom. The molecule has 0 aromatic heterocycles. The Labute approximate surface area is 320 Å². The van der Waals surface area contributed by atoms with Gasteiger partial charge in [-0.15, -0.1) is 0 Å². The second-order valence-corrected chi connectivity index (χ2v) is 13.3. The first-order valence-electron chi connectivity index (χ1n) is 20.0. The molecule has 0 aromatic carbocycles. The van der Waals surface area contributed by atoms with Gasteiger partial charge in [0, 0.05) is 6.42 Å². The zero-order valence-corrected chi connectivity index (χ0v) is 33.8. The highest BCUT2D eigenvalue weighted by Gasteiger charge is 2.15. The maximum Gasteiger partial charge on any atom is 0.308 e. The molecule has 0 saturated carbocycles. The summed E-state index contributed by atoms with van der Waals surface area (Å²) < 4.78 is 65.0. The fourth-order valence-corrected chi connectivity index (χ4v) is 4.50. The molecule has 0 unspecified atom stereocenters. The topological polar surface area (TPSA) is 145 Å². The maximum absolute atomic E-state index is 11.8. The highest BCUT2D eigenvalue weighted by molar-refractivity contribution is 5.70. The van der Waals surface area contributed by atoms with E-state index in [0.29, 0.717) is 139 Å². The summed E-state index contributed by atoms with van der Waals surface area (Å²) in [7, 11) is 0. The van der Waals surface area contributed by atoms with Crippen molar-refractivity contribution in [3.63, 3.8) is 0 Å². The SMILES string of the molecule is CCCCCCCCCCCC(=O)OCCOCCOCCOCCOCCOCCOCCOCCOCCOCCOCCC(=O)OC(C)(C)C. The second-order valence-electron chi connectivity index (χ2n) is 13.3. The first-order chi connectivity index (χ1) is 25.8. The second kappa shape index (κ2) is 41.7. The van der Waals surface area contributed by atoms with Crippen molar-refractivity contribution in [3.05, 3.63) is 0 Å². The molecule has 0 heterocycles. The number of esters is 2. The van der Waals surface area contributed by atoms with E-state index < -0.39 is 5.60 Å². The van der Waals surface area contributed by atoms with Crippen molar-refractivity contribution in [3.8, 4) is 0 Å². The van der Waals surface area contributed by atoms with Crippen molar-refractivity contribution >= 4 is 11.9 Å². The van der Waals surface area contributed by atoms with E-state index in [9.17, 15) is 9.59 Å². The zero-order chi connectivity index (χ0) is 38.8. The van der Waals surface area contributed by atoms with E-state index >= 15 is 0 Å². The van der Waals surface area contributed by atoms with Crippen molar-refractivity contribution in [2.45, 2.75) is 104 Å². The molecule has 0 aliphatic carbocycles. The van der Waals surface area contributed by atoms with Crippen LogP contribution in [0.1, 0.15) is 98.3 Å². The molecule has 0 spiro atoms. The summed E-state index contributed by atoms with van der Waals surface area (Å²) >= 11 is 0. The van der Waals surface area contributed by atoms with E-state index in [4.69, 9.17) is 56.8 Å². The molecule has 14 nitrogen and oxygen atoms in total. The Morgan fingerprint density at radius 2 is 0.623 bits per heavy atom. The van der Waals surface area contributed by atoms with Gasteiger partial charge in [-0.05, 0) is 27.2 Å². The van der Waals surface area contributed by atoms with Gasteiger partial charge in [0.2, 0.25) is 0 Å². The Hall–Kier alpha value is -1.46. The fraction of sp³-hybridized carbons (Fsp3) is 0.949. The molecule has 0 bridgehead atoms. The molecule has 0 aromatic rings. The standard InChI is InChI=1S/C39H76O14/c1-5-6-7-8-9-10-11-12-13-14-37(40)52-36-35-51-34-33-50-32-31-49-30-29-48-28-27-47-26-25-46-24-23-45-22-21-44-20-19-43-18-17-42-16-15-38(41)53-39(2,3)4/h5-36H2,1-4H3. The predicted octanol–water partition coefficient (Wildman–Crippen LogP) is 5.35. The van der Waals surface area contributed by atoms with Gasteiger partial charge >= 0.3 is 11.9 Å². The molecule has 0 rings (SSSR count). The van der Waals surface area contributed by atoms with Crippen molar-refractivity contribution in [1.82, 2.24) is 0 Å². The van der Waals surface area contributed by atoms with Crippen molar-refractivity contribution < 1.29 is 66.4 Å². The minimum atomic E-state index is -0.476. The first kappa shape index (κ1) is 51.5. The molecule has 53 heavy (non-hydrogen) atoms.